The van der Waals surface area contributed by atoms with E-state index in [9.17, 15) is 14.7 Å². The number of nitrogens with zero attached hydrogens (tertiary/aromatic N) is 2. The second kappa shape index (κ2) is 7.34. The molecular weight excluding hydrogens is 340 g/mol. The fourth-order valence-electron chi connectivity index (χ4n) is 3.80. The highest BCUT2D eigenvalue weighted by Crippen LogP contribution is 2.26. The summed E-state index contributed by atoms with van der Waals surface area (Å²) < 4.78 is 0. The molecule has 25 heavy (non-hydrogen) atoms. The van der Waals surface area contributed by atoms with E-state index in [4.69, 9.17) is 11.6 Å². The molecule has 0 saturated carbocycles. The Morgan fingerprint density at radius 3 is 2.52 bits per heavy atom. The molecule has 2 amide bonds. The molecule has 136 valence electrons. The van der Waals surface area contributed by atoms with Gasteiger partial charge in [-0.15, -0.1) is 0 Å². The van der Waals surface area contributed by atoms with Gasteiger partial charge in [0.15, 0.2) is 0 Å². The van der Waals surface area contributed by atoms with Crippen LogP contribution in [0.1, 0.15) is 43.0 Å². The number of likely N-dealkylation sites (tertiary alicyclic amines) is 2. The van der Waals surface area contributed by atoms with Crippen molar-refractivity contribution in [1.82, 2.24) is 9.80 Å². The van der Waals surface area contributed by atoms with Gasteiger partial charge < -0.3 is 14.9 Å². The van der Waals surface area contributed by atoms with Gasteiger partial charge in [-0.05, 0) is 56.9 Å². The molecule has 2 atom stereocenters. The predicted octanol–water partition coefficient (Wildman–Crippen LogP) is 2.57. The van der Waals surface area contributed by atoms with Crippen LogP contribution in [0, 0.1) is 5.92 Å². The normalized spacial score (nSPS) is 27.2. The zero-order valence-electron chi connectivity index (χ0n) is 14.6. The van der Waals surface area contributed by atoms with Gasteiger partial charge in [0, 0.05) is 36.8 Å². The van der Waals surface area contributed by atoms with Crippen molar-refractivity contribution in [3.05, 3.63) is 34.9 Å². The van der Waals surface area contributed by atoms with Crippen LogP contribution in [-0.2, 0) is 4.79 Å². The number of carbonyl (C=O) groups excluding carboxylic acids is 2. The molecule has 0 radical (unpaired) electrons. The third-order valence-electron chi connectivity index (χ3n) is 5.14. The molecule has 0 aromatic heterocycles. The van der Waals surface area contributed by atoms with E-state index in [1.54, 1.807) is 41.0 Å². The average Bonchev–Trinajstić information content (AvgIpc) is 2.60. The van der Waals surface area contributed by atoms with Crippen molar-refractivity contribution in [3.8, 4) is 0 Å². The van der Waals surface area contributed by atoms with Gasteiger partial charge in [0.1, 0.15) is 0 Å². The number of halogens is 1. The third kappa shape index (κ3) is 4.33. The summed E-state index contributed by atoms with van der Waals surface area (Å²) in [5, 5.41) is 10.8. The Kier molecular flexibility index (Phi) is 5.35. The van der Waals surface area contributed by atoms with Crippen LogP contribution in [-0.4, -0.2) is 58.5 Å². The summed E-state index contributed by atoms with van der Waals surface area (Å²) in [7, 11) is 0. The maximum Gasteiger partial charge on any atom is 0.253 e. The molecule has 1 N–H and O–H groups in total. The smallest absolute Gasteiger partial charge is 0.253 e. The largest absolute Gasteiger partial charge is 0.388 e. The molecule has 0 bridgehead atoms. The van der Waals surface area contributed by atoms with Gasteiger partial charge in [0.05, 0.1) is 11.5 Å². The zero-order valence-corrected chi connectivity index (χ0v) is 15.3. The highest BCUT2D eigenvalue weighted by molar-refractivity contribution is 6.30. The standard InChI is InChI=1S/C19H25ClN2O3/c1-19(25)9-3-11-22(13-19)18(24)15-4-2-10-21(12-15)17(23)14-5-7-16(20)8-6-14/h5-8,15,25H,2-4,9-13H2,1H3. The van der Waals surface area contributed by atoms with Gasteiger partial charge in [-0.2, -0.15) is 0 Å². The maximum absolute atomic E-state index is 12.8. The van der Waals surface area contributed by atoms with Crippen LogP contribution in [0.4, 0.5) is 0 Å². The summed E-state index contributed by atoms with van der Waals surface area (Å²) in [5.41, 5.74) is -0.208. The lowest BCUT2D eigenvalue weighted by molar-refractivity contribution is -0.143. The molecule has 2 heterocycles. The average molecular weight is 365 g/mol. The number of piperidine rings is 2. The van der Waals surface area contributed by atoms with Crippen molar-refractivity contribution in [2.24, 2.45) is 5.92 Å². The number of hydrogen-bond acceptors (Lipinski definition) is 3. The Balaban J connectivity index is 1.65. The summed E-state index contributed by atoms with van der Waals surface area (Å²) in [6, 6.07) is 6.85. The fraction of sp³-hybridized carbons (Fsp3) is 0.579. The minimum Gasteiger partial charge on any atom is -0.388 e. The van der Waals surface area contributed by atoms with Crippen LogP contribution in [0.25, 0.3) is 0 Å². The first-order chi connectivity index (χ1) is 11.9. The molecule has 2 unspecified atom stereocenters. The van der Waals surface area contributed by atoms with Crippen LogP contribution in [0.3, 0.4) is 0 Å². The van der Waals surface area contributed by atoms with E-state index < -0.39 is 5.60 Å². The number of aliphatic hydroxyl groups is 1. The van der Waals surface area contributed by atoms with Crippen molar-refractivity contribution in [2.45, 2.75) is 38.2 Å². The van der Waals surface area contributed by atoms with Gasteiger partial charge >= 0.3 is 0 Å². The van der Waals surface area contributed by atoms with E-state index >= 15 is 0 Å². The van der Waals surface area contributed by atoms with Crippen molar-refractivity contribution < 1.29 is 14.7 Å². The Morgan fingerprint density at radius 2 is 1.84 bits per heavy atom. The van der Waals surface area contributed by atoms with Crippen molar-refractivity contribution in [1.29, 1.82) is 0 Å². The Bertz CT molecular complexity index is 645. The molecule has 2 fully saturated rings. The first-order valence-corrected chi connectivity index (χ1v) is 9.29. The number of hydrogen-bond donors (Lipinski definition) is 1. The van der Waals surface area contributed by atoms with Gasteiger partial charge in [-0.1, -0.05) is 11.6 Å². The first-order valence-electron chi connectivity index (χ1n) is 8.92. The van der Waals surface area contributed by atoms with Crippen molar-refractivity contribution in [3.63, 3.8) is 0 Å². The summed E-state index contributed by atoms with van der Waals surface area (Å²) in [5.74, 6) is -0.174. The van der Waals surface area contributed by atoms with E-state index in [0.717, 1.165) is 25.7 Å². The monoisotopic (exact) mass is 364 g/mol. The molecule has 3 rings (SSSR count). The van der Waals surface area contributed by atoms with E-state index in [-0.39, 0.29) is 17.7 Å². The lowest BCUT2D eigenvalue weighted by Crippen LogP contribution is -2.53. The van der Waals surface area contributed by atoms with Gasteiger partial charge in [0.25, 0.3) is 5.91 Å². The number of amides is 2. The SMILES string of the molecule is CC1(O)CCCN(C(=O)C2CCCN(C(=O)c3ccc(Cl)cc3)C2)C1. The highest BCUT2D eigenvalue weighted by atomic mass is 35.5. The molecule has 2 saturated heterocycles. The highest BCUT2D eigenvalue weighted by Gasteiger charge is 2.36. The van der Waals surface area contributed by atoms with Crippen LogP contribution in [0.5, 0.6) is 0 Å². The van der Waals surface area contributed by atoms with Crippen LogP contribution >= 0.6 is 11.6 Å². The topological polar surface area (TPSA) is 60.9 Å². The van der Waals surface area contributed by atoms with Crippen LogP contribution < -0.4 is 0 Å². The van der Waals surface area contributed by atoms with E-state index in [0.29, 0.717) is 36.8 Å². The Morgan fingerprint density at radius 1 is 1.16 bits per heavy atom. The second-order valence-corrected chi connectivity index (χ2v) is 7.89. The molecule has 0 spiro atoms. The molecule has 2 aliphatic rings. The molecule has 6 heteroatoms. The van der Waals surface area contributed by atoms with Gasteiger partial charge in [-0.25, -0.2) is 0 Å². The Hall–Kier alpha value is -1.59. The second-order valence-electron chi connectivity index (χ2n) is 7.46. The number of carbonyl (C=O) groups is 2. The molecule has 5 nitrogen and oxygen atoms in total. The van der Waals surface area contributed by atoms with Gasteiger partial charge in [0.2, 0.25) is 5.91 Å². The number of benzene rings is 1. The minimum absolute atomic E-state index is 0.0557. The van der Waals surface area contributed by atoms with Crippen LogP contribution in [0.15, 0.2) is 24.3 Å². The first kappa shape index (κ1) is 18.2. The summed E-state index contributed by atoms with van der Waals surface area (Å²) in [6.07, 6.45) is 3.16. The summed E-state index contributed by atoms with van der Waals surface area (Å²) in [6.45, 7) is 3.97. The number of β-amino-alcohol motifs (C(OH)–C–C–N with tert-alkyl or cyclic N) is 1. The number of rotatable bonds is 2. The maximum atomic E-state index is 12.8. The molecular formula is C19H25ClN2O3. The molecule has 1 aromatic carbocycles. The van der Waals surface area contributed by atoms with E-state index in [1.165, 1.54) is 0 Å². The minimum atomic E-state index is -0.804. The predicted molar refractivity (Wildman–Crippen MR) is 96.5 cm³/mol. The molecule has 2 aliphatic heterocycles. The quantitative estimate of drug-likeness (QED) is 0.877. The third-order valence-corrected chi connectivity index (χ3v) is 5.39. The van der Waals surface area contributed by atoms with E-state index in [1.807, 2.05) is 0 Å². The lowest BCUT2D eigenvalue weighted by Gasteiger charge is -2.40. The lowest BCUT2D eigenvalue weighted by atomic mass is 9.91. The zero-order chi connectivity index (χ0) is 18.0. The van der Waals surface area contributed by atoms with E-state index in [2.05, 4.69) is 0 Å². The van der Waals surface area contributed by atoms with Crippen molar-refractivity contribution >= 4 is 23.4 Å². The molecule has 0 aliphatic carbocycles. The van der Waals surface area contributed by atoms with Crippen LogP contribution in [0.2, 0.25) is 5.02 Å². The fourth-order valence-corrected chi connectivity index (χ4v) is 3.93. The Labute approximate surface area is 153 Å². The summed E-state index contributed by atoms with van der Waals surface area (Å²) in [4.78, 5) is 29.1. The summed E-state index contributed by atoms with van der Waals surface area (Å²) >= 11 is 5.88. The molecule has 1 aromatic rings. The van der Waals surface area contributed by atoms with Crippen molar-refractivity contribution in [2.75, 3.05) is 26.2 Å². The van der Waals surface area contributed by atoms with Gasteiger partial charge in [-0.3, -0.25) is 9.59 Å².